The lowest BCUT2D eigenvalue weighted by atomic mass is 10.1. The summed E-state index contributed by atoms with van der Waals surface area (Å²) in [5.41, 5.74) is 4.28. The van der Waals surface area contributed by atoms with Crippen molar-refractivity contribution in [2.24, 2.45) is 7.05 Å². The van der Waals surface area contributed by atoms with E-state index in [9.17, 15) is 4.57 Å². The predicted octanol–water partition coefficient (Wildman–Crippen LogP) is 5.43. The highest BCUT2D eigenvalue weighted by Gasteiger charge is 2.23. The van der Waals surface area contributed by atoms with Gasteiger partial charge in [-0.2, -0.15) is 10.1 Å². The fourth-order valence-corrected chi connectivity index (χ4v) is 7.14. The number of nitrogens with zero attached hydrogens (tertiary/aromatic N) is 7. The maximum Gasteiger partial charge on any atom is 0.229 e. The molecule has 6 rings (SSSR count). The summed E-state index contributed by atoms with van der Waals surface area (Å²) in [5.74, 6) is 2.06. The first-order valence-corrected chi connectivity index (χ1v) is 18.6. The van der Waals surface area contributed by atoms with E-state index in [4.69, 9.17) is 19.2 Å². The number of aromatic nitrogens is 6. The zero-order valence-corrected chi connectivity index (χ0v) is 29.2. The highest BCUT2D eigenvalue weighted by Crippen LogP contribution is 2.42. The van der Waals surface area contributed by atoms with E-state index in [0.717, 1.165) is 50.4 Å². The molecule has 13 nitrogen and oxygen atoms in total. The van der Waals surface area contributed by atoms with E-state index >= 15 is 0 Å². The highest BCUT2D eigenvalue weighted by atomic mass is 79.9. The van der Waals surface area contributed by atoms with E-state index in [0.29, 0.717) is 62.1 Å². The van der Waals surface area contributed by atoms with Crippen LogP contribution >= 0.6 is 23.1 Å². The lowest BCUT2D eigenvalue weighted by molar-refractivity contribution is 0.0358. The average Bonchev–Trinajstić information content (AvgIpc) is 3.50. The van der Waals surface area contributed by atoms with Gasteiger partial charge < -0.3 is 29.4 Å². The molecule has 4 heterocycles. The SMILES string of the molecule is COc1cc(OCCCN2CCOCC2)c(-c2cnn(C)c2)cc1Nc1ncc(Br)c(Nc2ccc3nccnc3c2P(C)(C)=O)n1. The Labute approximate surface area is 281 Å². The van der Waals surface area contributed by atoms with Crippen molar-refractivity contribution in [1.29, 1.82) is 0 Å². The Morgan fingerprint density at radius 3 is 2.57 bits per heavy atom. The molecular formula is C32H37BrN9O4P. The third-order valence-corrected chi connectivity index (χ3v) is 9.80. The Kier molecular flexibility index (Phi) is 10.0. The molecule has 2 N–H and O–H groups in total. The first-order valence-electron chi connectivity index (χ1n) is 15.2. The van der Waals surface area contributed by atoms with E-state index < -0.39 is 7.14 Å². The summed E-state index contributed by atoms with van der Waals surface area (Å²) in [7, 11) is 0.720. The molecule has 246 valence electrons. The summed E-state index contributed by atoms with van der Waals surface area (Å²) in [6.07, 6.45) is 9.49. The molecule has 0 unspecified atom stereocenters. The number of anilines is 4. The molecular weight excluding hydrogens is 685 g/mol. The Bertz CT molecular complexity index is 1930. The maximum atomic E-state index is 13.4. The standard InChI is InChI=1S/C32H37BrN9O4P/c1-41-20-21(18-37-41)22-16-26(28(44-2)17-27(22)46-13-5-10-42-11-14-45-15-12-42)39-32-36-19-23(33)31(40-32)38-25-7-6-24-29(35-9-8-34-24)30(25)47(3,4)43/h6-9,16-20H,5,10-15H2,1-4H3,(H2,36,38,39,40). The number of hydrogen-bond donors (Lipinski definition) is 2. The number of methoxy groups -OCH3 is 1. The van der Waals surface area contributed by atoms with Crippen molar-refractivity contribution in [3.05, 3.63) is 59.7 Å². The minimum atomic E-state index is -2.77. The molecule has 2 aromatic carbocycles. The third-order valence-electron chi connectivity index (χ3n) is 7.69. The van der Waals surface area contributed by atoms with Crippen LogP contribution in [0.5, 0.6) is 11.5 Å². The van der Waals surface area contributed by atoms with E-state index in [1.54, 1.807) is 49.9 Å². The summed E-state index contributed by atoms with van der Waals surface area (Å²) in [6, 6.07) is 7.52. The topological polar surface area (TPSA) is 141 Å². The van der Waals surface area contributed by atoms with Crippen LogP contribution in [0, 0.1) is 0 Å². The monoisotopic (exact) mass is 721 g/mol. The molecule has 1 aliphatic rings. The number of nitrogens with one attached hydrogen (secondary N) is 2. The molecule has 0 aliphatic carbocycles. The summed E-state index contributed by atoms with van der Waals surface area (Å²) in [6.45, 7) is 8.37. The Balaban J connectivity index is 1.28. The van der Waals surface area contributed by atoms with Crippen molar-refractivity contribution in [2.45, 2.75) is 6.42 Å². The Morgan fingerprint density at radius 2 is 1.83 bits per heavy atom. The van der Waals surface area contributed by atoms with Crippen molar-refractivity contribution in [3.8, 4) is 22.6 Å². The molecule has 0 bridgehead atoms. The number of benzene rings is 2. The first kappa shape index (κ1) is 32.8. The fourth-order valence-electron chi connectivity index (χ4n) is 5.46. The molecule has 47 heavy (non-hydrogen) atoms. The van der Waals surface area contributed by atoms with Crippen LogP contribution in [-0.4, -0.2) is 94.5 Å². The second kappa shape index (κ2) is 14.3. The summed E-state index contributed by atoms with van der Waals surface area (Å²) >= 11 is 3.56. The summed E-state index contributed by atoms with van der Waals surface area (Å²) in [5, 5.41) is 11.6. The number of rotatable bonds is 12. The zero-order valence-electron chi connectivity index (χ0n) is 26.7. The molecule has 0 amide bonds. The van der Waals surface area contributed by atoms with Crippen LogP contribution in [0.15, 0.2) is 59.7 Å². The van der Waals surface area contributed by atoms with E-state index in [-0.39, 0.29) is 0 Å². The van der Waals surface area contributed by atoms with Gasteiger partial charge in [-0.25, -0.2) is 4.98 Å². The lowest BCUT2D eigenvalue weighted by Gasteiger charge is -2.26. The van der Waals surface area contributed by atoms with Gasteiger partial charge in [0.15, 0.2) is 0 Å². The number of morpholine rings is 1. The largest absolute Gasteiger partial charge is 0.494 e. The van der Waals surface area contributed by atoms with E-state index in [1.807, 2.05) is 37.5 Å². The lowest BCUT2D eigenvalue weighted by Crippen LogP contribution is -2.37. The van der Waals surface area contributed by atoms with Gasteiger partial charge >= 0.3 is 0 Å². The molecule has 5 aromatic rings. The number of halogens is 1. The average molecular weight is 723 g/mol. The number of ether oxygens (including phenoxy) is 3. The Morgan fingerprint density at radius 1 is 1.02 bits per heavy atom. The summed E-state index contributed by atoms with van der Waals surface area (Å²) < 4.78 is 33.4. The fraction of sp³-hybridized carbons (Fsp3) is 0.344. The second-order valence-corrected chi connectivity index (χ2v) is 15.5. The molecule has 0 radical (unpaired) electrons. The van der Waals surface area contributed by atoms with Crippen LogP contribution in [-0.2, 0) is 16.3 Å². The van der Waals surface area contributed by atoms with Gasteiger partial charge in [-0.1, -0.05) is 0 Å². The molecule has 1 fully saturated rings. The van der Waals surface area contributed by atoms with Crippen LogP contribution in [0.1, 0.15) is 6.42 Å². The first-order chi connectivity index (χ1) is 22.7. The van der Waals surface area contributed by atoms with Crippen LogP contribution in [0.25, 0.3) is 22.2 Å². The molecule has 1 saturated heterocycles. The zero-order chi connectivity index (χ0) is 33.0. The smallest absolute Gasteiger partial charge is 0.229 e. The molecule has 1 aliphatic heterocycles. The normalized spacial score (nSPS) is 13.9. The van der Waals surface area contributed by atoms with Crippen molar-refractivity contribution >= 4 is 62.6 Å². The van der Waals surface area contributed by atoms with Gasteiger partial charge in [0.25, 0.3) is 0 Å². The third kappa shape index (κ3) is 7.73. The number of fused-ring (bicyclic) bond motifs is 1. The van der Waals surface area contributed by atoms with Gasteiger partial charge in [-0.15, -0.1) is 0 Å². The van der Waals surface area contributed by atoms with Crippen LogP contribution < -0.4 is 25.4 Å². The van der Waals surface area contributed by atoms with Crippen LogP contribution in [0.4, 0.5) is 23.1 Å². The number of aryl methyl sites for hydroxylation is 1. The quantitative estimate of drug-likeness (QED) is 0.125. The van der Waals surface area contributed by atoms with E-state index in [2.05, 4.69) is 51.5 Å². The molecule has 0 atom stereocenters. The predicted molar refractivity (Wildman–Crippen MR) is 187 cm³/mol. The van der Waals surface area contributed by atoms with Gasteiger partial charge in [0, 0.05) is 68.7 Å². The molecule has 0 spiro atoms. The molecule has 0 saturated carbocycles. The minimum absolute atomic E-state index is 0.323. The molecule has 15 heteroatoms. The van der Waals surface area contributed by atoms with Gasteiger partial charge in [0.1, 0.15) is 30.0 Å². The van der Waals surface area contributed by atoms with Crippen molar-refractivity contribution in [3.63, 3.8) is 0 Å². The number of hydrogen-bond acceptors (Lipinski definition) is 12. The van der Waals surface area contributed by atoms with Crippen LogP contribution in [0.2, 0.25) is 0 Å². The van der Waals surface area contributed by atoms with Gasteiger partial charge in [0.05, 0.1) is 59.8 Å². The van der Waals surface area contributed by atoms with Gasteiger partial charge in [-0.05, 0) is 53.9 Å². The Hall–Kier alpha value is -4.10. The minimum Gasteiger partial charge on any atom is -0.494 e. The second-order valence-electron chi connectivity index (χ2n) is 11.5. The van der Waals surface area contributed by atoms with Gasteiger partial charge in [0.2, 0.25) is 5.95 Å². The maximum absolute atomic E-state index is 13.4. The summed E-state index contributed by atoms with van der Waals surface area (Å²) in [4.78, 5) is 20.5. The van der Waals surface area contributed by atoms with E-state index in [1.165, 1.54) is 0 Å². The van der Waals surface area contributed by atoms with Crippen molar-refractivity contribution < 1.29 is 18.8 Å². The van der Waals surface area contributed by atoms with Gasteiger partial charge in [-0.3, -0.25) is 19.5 Å². The van der Waals surface area contributed by atoms with Crippen LogP contribution in [0.3, 0.4) is 0 Å². The van der Waals surface area contributed by atoms with Crippen molar-refractivity contribution in [1.82, 2.24) is 34.6 Å². The van der Waals surface area contributed by atoms with Crippen molar-refractivity contribution in [2.75, 3.05) is 70.5 Å². The highest BCUT2D eigenvalue weighted by molar-refractivity contribution is 9.10. The molecule has 3 aromatic heterocycles.